The van der Waals surface area contributed by atoms with E-state index in [0.29, 0.717) is 15.8 Å². The largest absolute Gasteiger partial charge is 0.467 e. The summed E-state index contributed by atoms with van der Waals surface area (Å²) >= 11 is 0. The molecule has 1 N–H and O–H groups in total. The van der Waals surface area contributed by atoms with E-state index in [2.05, 4.69) is 5.43 Å². The summed E-state index contributed by atoms with van der Waals surface area (Å²) in [6, 6.07) is 12.6. The van der Waals surface area contributed by atoms with Crippen LogP contribution in [0.1, 0.15) is 47.2 Å². The number of nitrogens with zero attached hydrogens (tertiary/aromatic N) is 2. The van der Waals surface area contributed by atoms with Crippen LogP contribution in [0.25, 0.3) is 6.08 Å². The smallest absolute Gasteiger partial charge is 0.269 e. The van der Waals surface area contributed by atoms with E-state index < -0.39 is 34.4 Å². The van der Waals surface area contributed by atoms with Crippen molar-refractivity contribution in [2.75, 3.05) is 6.54 Å². The van der Waals surface area contributed by atoms with Gasteiger partial charge in [-0.1, -0.05) is 12.1 Å². The summed E-state index contributed by atoms with van der Waals surface area (Å²) in [4.78, 5) is 26.3. The Balaban J connectivity index is 1.34. The molecule has 0 fully saturated rings. The van der Waals surface area contributed by atoms with Crippen LogP contribution >= 0.6 is 0 Å². The van der Waals surface area contributed by atoms with Crippen molar-refractivity contribution < 1.29 is 26.8 Å². The molecule has 2 aromatic heterocycles. The fourth-order valence-electron chi connectivity index (χ4n) is 4.91. The van der Waals surface area contributed by atoms with Crippen molar-refractivity contribution in [3.05, 3.63) is 95.0 Å². The lowest BCUT2D eigenvalue weighted by atomic mass is 9.88. The van der Waals surface area contributed by atoms with Gasteiger partial charge in [-0.15, -0.1) is 0 Å². The number of fused-ring (bicyclic) bond motifs is 1. The number of sulfonamides is 1. The first kappa shape index (κ1) is 21.5. The van der Waals surface area contributed by atoms with Gasteiger partial charge in [0, 0.05) is 0 Å². The highest BCUT2D eigenvalue weighted by molar-refractivity contribution is 7.90. The molecule has 3 aromatic rings. The number of allylic oxidation sites excluding steroid dienone is 1. The highest BCUT2D eigenvalue weighted by Gasteiger charge is 2.46. The highest BCUT2D eigenvalue weighted by Crippen LogP contribution is 2.44. The number of rotatable bonds is 4. The third kappa shape index (κ3) is 3.40. The minimum atomic E-state index is -4.11. The van der Waals surface area contributed by atoms with Gasteiger partial charge in [-0.05, 0) is 72.9 Å². The molecule has 1 aliphatic carbocycles. The summed E-state index contributed by atoms with van der Waals surface area (Å²) in [7, 11) is -4.11. The zero-order chi connectivity index (χ0) is 24.2. The number of carbonyl (C=O) groups excluding carboxylic acids is 2. The third-order valence-corrected chi connectivity index (χ3v) is 8.27. The zero-order valence-electron chi connectivity index (χ0n) is 18.5. The van der Waals surface area contributed by atoms with E-state index in [9.17, 15) is 18.0 Å². The molecule has 0 saturated carbocycles. The van der Waals surface area contributed by atoms with Gasteiger partial charge in [0.1, 0.15) is 29.0 Å². The molecular weight excluding hydrogens is 470 g/mol. The minimum absolute atomic E-state index is 0.0679. The topological polar surface area (TPSA) is 113 Å². The lowest BCUT2D eigenvalue weighted by molar-refractivity contribution is -0.135. The van der Waals surface area contributed by atoms with Crippen molar-refractivity contribution in [1.82, 2.24) is 14.7 Å². The van der Waals surface area contributed by atoms with Gasteiger partial charge in [-0.3, -0.25) is 15.0 Å². The zero-order valence-corrected chi connectivity index (χ0v) is 19.3. The van der Waals surface area contributed by atoms with E-state index in [1.54, 1.807) is 36.6 Å². The summed E-state index contributed by atoms with van der Waals surface area (Å²) in [5.41, 5.74) is 6.00. The first-order valence-corrected chi connectivity index (χ1v) is 12.6. The molecule has 2 aliphatic heterocycles. The second-order valence-electron chi connectivity index (χ2n) is 8.55. The first-order valence-electron chi connectivity index (χ1n) is 11.2. The molecule has 3 aliphatic rings. The number of carbonyl (C=O) groups is 2. The van der Waals surface area contributed by atoms with Gasteiger partial charge in [0.25, 0.3) is 21.8 Å². The summed E-state index contributed by atoms with van der Waals surface area (Å²) < 4.78 is 37.8. The van der Waals surface area contributed by atoms with Gasteiger partial charge < -0.3 is 8.83 Å². The summed E-state index contributed by atoms with van der Waals surface area (Å²) in [6.07, 6.45) is 7.46. The maximum Gasteiger partial charge on any atom is 0.269 e. The maximum atomic E-state index is 13.6. The van der Waals surface area contributed by atoms with Crippen molar-refractivity contribution >= 4 is 27.9 Å². The van der Waals surface area contributed by atoms with E-state index in [1.807, 2.05) is 12.1 Å². The Morgan fingerprint density at radius 2 is 1.86 bits per heavy atom. The van der Waals surface area contributed by atoms with Crippen LogP contribution in [0.15, 0.2) is 91.6 Å². The van der Waals surface area contributed by atoms with Gasteiger partial charge in [-0.2, -0.15) is 0 Å². The van der Waals surface area contributed by atoms with E-state index in [0.717, 1.165) is 36.1 Å². The van der Waals surface area contributed by atoms with Crippen LogP contribution in [0, 0.1) is 0 Å². The molecule has 1 aromatic carbocycles. The number of furan rings is 2. The first-order chi connectivity index (χ1) is 16.9. The van der Waals surface area contributed by atoms with Crippen molar-refractivity contribution in [3.63, 3.8) is 0 Å². The number of nitrogens with one attached hydrogen (secondary N) is 1. The Hall–Kier alpha value is -4.05. The molecule has 35 heavy (non-hydrogen) atoms. The number of benzene rings is 1. The van der Waals surface area contributed by atoms with Crippen LogP contribution in [-0.2, 0) is 14.8 Å². The molecular formula is C25H21N3O6S. The average molecular weight is 492 g/mol. The van der Waals surface area contributed by atoms with Crippen LogP contribution in [0.3, 0.4) is 0 Å². The molecule has 0 saturated heterocycles. The summed E-state index contributed by atoms with van der Waals surface area (Å²) in [5, 5.41) is 1.37. The summed E-state index contributed by atoms with van der Waals surface area (Å²) in [5.74, 6) is -0.0305. The lowest BCUT2D eigenvalue weighted by Gasteiger charge is -2.26. The van der Waals surface area contributed by atoms with Crippen LogP contribution in [0.4, 0.5) is 0 Å². The Bertz CT molecular complexity index is 1490. The fraction of sp³-hybridized carbons (Fsp3) is 0.200. The van der Waals surface area contributed by atoms with Gasteiger partial charge in [0.05, 0.1) is 23.8 Å². The van der Waals surface area contributed by atoms with Crippen LogP contribution in [0.2, 0.25) is 0 Å². The van der Waals surface area contributed by atoms with Crippen molar-refractivity contribution in [1.29, 1.82) is 0 Å². The van der Waals surface area contributed by atoms with E-state index in [-0.39, 0.29) is 10.5 Å². The molecule has 1 atom stereocenters. The molecule has 178 valence electrons. The van der Waals surface area contributed by atoms with Gasteiger partial charge in [0.2, 0.25) is 0 Å². The van der Waals surface area contributed by atoms with Gasteiger partial charge >= 0.3 is 0 Å². The molecule has 0 spiro atoms. The monoisotopic (exact) mass is 491 g/mol. The maximum absolute atomic E-state index is 13.6. The number of hydrazine groups is 1. The number of hydrogen-bond donors (Lipinski definition) is 1. The van der Waals surface area contributed by atoms with E-state index >= 15 is 0 Å². The highest BCUT2D eigenvalue weighted by atomic mass is 32.2. The molecule has 2 amide bonds. The molecule has 0 bridgehead atoms. The van der Waals surface area contributed by atoms with E-state index in [1.165, 1.54) is 23.4 Å². The quantitative estimate of drug-likeness (QED) is 0.593. The lowest BCUT2D eigenvalue weighted by Crippen LogP contribution is -2.47. The van der Waals surface area contributed by atoms with E-state index in [4.69, 9.17) is 8.83 Å². The number of amides is 2. The molecule has 0 radical (unpaired) electrons. The van der Waals surface area contributed by atoms with Crippen LogP contribution in [0.5, 0.6) is 0 Å². The Morgan fingerprint density at radius 1 is 1.06 bits per heavy atom. The Labute approximate surface area is 201 Å². The van der Waals surface area contributed by atoms with Crippen molar-refractivity contribution in [3.8, 4) is 0 Å². The Morgan fingerprint density at radius 3 is 2.60 bits per heavy atom. The predicted octanol–water partition coefficient (Wildman–Crippen LogP) is 3.63. The third-order valence-electron chi connectivity index (χ3n) is 6.49. The minimum Gasteiger partial charge on any atom is -0.467 e. The number of hydrogen-bond acceptors (Lipinski definition) is 7. The normalized spacial score (nSPS) is 21.9. The average Bonchev–Trinajstić information content (AvgIpc) is 3.64. The fourth-order valence-corrected chi connectivity index (χ4v) is 6.43. The molecule has 10 heteroatoms. The summed E-state index contributed by atoms with van der Waals surface area (Å²) in [6.45, 7) is -0.627. The van der Waals surface area contributed by atoms with Crippen LogP contribution < -0.4 is 5.43 Å². The van der Waals surface area contributed by atoms with Crippen molar-refractivity contribution in [2.45, 2.75) is 30.2 Å². The van der Waals surface area contributed by atoms with Crippen LogP contribution in [-0.4, -0.2) is 36.1 Å². The van der Waals surface area contributed by atoms with Gasteiger partial charge in [0.15, 0.2) is 0 Å². The predicted molar refractivity (Wildman–Crippen MR) is 124 cm³/mol. The second-order valence-corrected chi connectivity index (χ2v) is 10.4. The molecule has 9 nitrogen and oxygen atoms in total. The molecule has 6 rings (SSSR count). The molecule has 4 heterocycles. The second kappa shape index (κ2) is 8.02. The van der Waals surface area contributed by atoms with Gasteiger partial charge in [-0.25, -0.2) is 17.7 Å². The SMILES string of the molecule is O=C(CN1C(=O)c2ccccc2S1(=O)=O)N1NC2=C(CCC/C2=C\c2ccco2)[C@@H]1c1ccco1. The Kier molecular flexibility index (Phi) is 4.92. The standard InChI is InChI=1S/C25H21N3O6S/c29-22(15-27-25(30)18-8-1-2-11-21(18)35(27,31)32)28-24(20-10-5-13-34-20)19-9-3-6-16(23(19)26-28)14-17-7-4-12-33-17/h1-2,4-5,7-8,10-14,24,26H,3,6,9,15H2/b16-14+/t24-/m1/s1. The van der Waals surface area contributed by atoms with Crippen molar-refractivity contribution in [2.24, 2.45) is 0 Å². The molecule has 0 unspecified atom stereocenters.